The predicted molar refractivity (Wildman–Crippen MR) is 176 cm³/mol. The van der Waals surface area contributed by atoms with E-state index in [4.69, 9.17) is 9.47 Å². The topological polar surface area (TPSA) is 117 Å². The molecule has 0 spiro atoms. The van der Waals surface area contributed by atoms with Crippen molar-refractivity contribution >= 4 is 17.3 Å². The second-order valence-electron chi connectivity index (χ2n) is 11.3. The van der Waals surface area contributed by atoms with Crippen LogP contribution in [0.5, 0.6) is 0 Å². The van der Waals surface area contributed by atoms with Crippen molar-refractivity contribution in [3.8, 4) is 22.5 Å². The number of nitrogens with zero attached hydrogens (tertiary/aromatic N) is 1. The summed E-state index contributed by atoms with van der Waals surface area (Å²) < 4.78 is 42.3. The number of hydrogen-bond acceptors (Lipinski definition) is 7. The van der Waals surface area contributed by atoms with Gasteiger partial charge in [-0.25, -0.2) is 13.6 Å². The number of fused-ring (bicyclic) bond motifs is 1. The van der Waals surface area contributed by atoms with Gasteiger partial charge in [0.25, 0.3) is 0 Å². The minimum absolute atomic E-state index is 0.0869. The highest BCUT2D eigenvalue weighted by atomic mass is 19.1. The van der Waals surface area contributed by atoms with E-state index in [-0.39, 0.29) is 30.6 Å². The smallest absolute Gasteiger partial charge is 0.337 e. The lowest BCUT2D eigenvalue weighted by atomic mass is 9.89. The Hall–Kier alpha value is -5.55. The standard InChI is InChI=1S/C36H32F2N4O5/c1-46-16-15-42-32-19-24(35(45)47-2)13-14-31(32)41-36(42,20-25-11-9-22(17-27(25)37)29-5-3-7-33(43)39-29)21-26-12-10-23(18-28(26)38)30-6-4-8-34(44)40-30/h3-14,17-19,41H,15-16,20-21H2,1-2H3,(H,39,43)(H,40,44). The van der Waals surface area contributed by atoms with Crippen LogP contribution in [-0.4, -0.2) is 49.0 Å². The number of H-pyrrole nitrogens is 2. The summed E-state index contributed by atoms with van der Waals surface area (Å²) in [5.74, 6) is -1.52. The molecule has 0 aliphatic carbocycles. The molecular formula is C36H32F2N4O5. The summed E-state index contributed by atoms with van der Waals surface area (Å²) in [5.41, 5.74) is 2.59. The van der Waals surface area contributed by atoms with E-state index in [1.54, 1.807) is 73.8 Å². The van der Waals surface area contributed by atoms with Gasteiger partial charge in [0.05, 0.1) is 30.7 Å². The molecule has 1 aliphatic heterocycles. The van der Waals surface area contributed by atoms with Crippen molar-refractivity contribution in [2.75, 3.05) is 37.6 Å². The average molecular weight is 639 g/mol. The SMILES string of the molecule is COCCN1c2cc(C(=O)OC)ccc2NC1(Cc1ccc(-c2cccc(=O)[nH]2)cc1F)Cc1ccc(-c2cccc(=O)[nH]2)cc1F. The van der Waals surface area contributed by atoms with Gasteiger partial charge in [-0.1, -0.05) is 36.4 Å². The highest BCUT2D eigenvalue weighted by Gasteiger charge is 2.44. The van der Waals surface area contributed by atoms with E-state index in [1.807, 2.05) is 4.90 Å². The molecule has 3 aromatic carbocycles. The van der Waals surface area contributed by atoms with Crippen LogP contribution in [0.1, 0.15) is 21.5 Å². The van der Waals surface area contributed by atoms with Crippen molar-refractivity contribution in [3.05, 3.63) is 140 Å². The van der Waals surface area contributed by atoms with E-state index in [2.05, 4.69) is 15.3 Å². The molecule has 0 bridgehead atoms. The van der Waals surface area contributed by atoms with Crippen molar-refractivity contribution < 1.29 is 23.0 Å². The van der Waals surface area contributed by atoms with Crippen LogP contribution in [0.25, 0.3) is 22.5 Å². The molecule has 0 saturated carbocycles. The molecule has 2 aromatic heterocycles. The summed E-state index contributed by atoms with van der Waals surface area (Å²) >= 11 is 0. The van der Waals surface area contributed by atoms with Crippen LogP contribution in [-0.2, 0) is 22.3 Å². The fourth-order valence-corrected chi connectivity index (χ4v) is 6.09. The Morgan fingerprint density at radius 2 is 1.34 bits per heavy atom. The molecule has 0 radical (unpaired) electrons. The Morgan fingerprint density at radius 1 is 0.766 bits per heavy atom. The second-order valence-corrected chi connectivity index (χ2v) is 11.3. The van der Waals surface area contributed by atoms with Gasteiger partial charge in [-0.3, -0.25) is 9.59 Å². The number of benzene rings is 3. The first-order chi connectivity index (χ1) is 22.7. The Balaban J connectivity index is 1.44. The molecule has 0 atom stereocenters. The minimum Gasteiger partial charge on any atom is -0.465 e. The summed E-state index contributed by atoms with van der Waals surface area (Å²) in [5, 5.41) is 3.54. The number of nitrogens with one attached hydrogen (secondary N) is 3. The molecule has 9 nitrogen and oxygen atoms in total. The Morgan fingerprint density at radius 3 is 1.83 bits per heavy atom. The molecule has 5 aromatic rings. The van der Waals surface area contributed by atoms with Gasteiger partial charge in [-0.15, -0.1) is 0 Å². The molecule has 240 valence electrons. The molecule has 0 unspecified atom stereocenters. The summed E-state index contributed by atoms with van der Waals surface area (Å²) in [6, 6.07) is 23.9. The maximum absolute atomic E-state index is 15.9. The van der Waals surface area contributed by atoms with Crippen molar-refractivity contribution in [3.63, 3.8) is 0 Å². The number of aromatic nitrogens is 2. The number of methoxy groups -OCH3 is 2. The first-order valence-corrected chi connectivity index (χ1v) is 14.9. The quantitative estimate of drug-likeness (QED) is 0.173. The van der Waals surface area contributed by atoms with E-state index < -0.39 is 23.3 Å². The van der Waals surface area contributed by atoms with Crippen LogP contribution in [0.3, 0.4) is 0 Å². The van der Waals surface area contributed by atoms with Crippen molar-refractivity contribution in [2.24, 2.45) is 0 Å². The molecule has 6 rings (SSSR count). The highest BCUT2D eigenvalue weighted by molar-refractivity contribution is 5.93. The van der Waals surface area contributed by atoms with E-state index in [9.17, 15) is 14.4 Å². The number of aromatic amines is 2. The number of rotatable bonds is 10. The lowest BCUT2D eigenvalue weighted by Gasteiger charge is -2.41. The third kappa shape index (κ3) is 6.43. The normalized spacial score (nSPS) is 13.2. The van der Waals surface area contributed by atoms with Gasteiger partial charge in [0.15, 0.2) is 0 Å². The monoisotopic (exact) mass is 638 g/mol. The van der Waals surface area contributed by atoms with E-state index in [1.165, 1.54) is 31.4 Å². The van der Waals surface area contributed by atoms with Gasteiger partial charge in [0.2, 0.25) is 11.1 Å². The fourth-order valence-electron chi connectivity index (χ4n) is 6.09. The lowest BCUT2D eigenvalue weighted by molar-refractivity contribution is 0.0600. The molecular weight excluding hydrogens is 606 g/mol. The summed E-state index contributed by atoms with van der Waals surface area (Å²) in [6.07, 6.45) is 0.174. The minimum atomic E-state index is -1.11. The highest BCUT2D eigenvalue weighted by Crippen LogP contribution is 2.44. The largest absolute Gasteiger partial charge is 0.465 e. The van der Waals surface area contributed by atoms with E-state index >= 15 is 8.78 Å². The third-order valence-corrected chi connectivity index (χ3v) is 8.34. The zero-order valence-corrected chi connectivity index (χ0v) is 25.7. The zero-order chi connectivity index (χ0) is 33.1. The summed E-state index contributed by atoms with van der Waals surface area (Å²) in [7, 11) is 2.87. The van der Waals surface area contributed by atoms with Gasteiger partial charge in [0.1, 0.15) is 17.3 Å². The number of halogens is 2. The molecule has 47 heavy (non-hydrogen) atoms. The Kier molecular flexibility index (Phi) is 8.73. The van der Waals surface area contributed by atoms with Gasteiger partial charge >= 0.3 is 5.97 Å². The molecule has 0 saturated heterocycles. The van der Waals surface area contributed by atoms with E-state index in [0.29, 0.717) is 57.1 Å². The molecule has 1 aliphatic rings. The number of carbonyl (C=O) groups is 1. The molecule has 0 fully saturated rings. The van der Waals surface area contributed by atoms with Gasteiger partial charge in [-0.05, 0) is 53.6 Å². The first kappa shape index (κ1) is 31.4. The molecule has 3 heterocycles. The Bertz CT molecular complexity index is 1970. The zero-order valence-electron chi connectivity index (χ0n) is 25.7. The molecule has 0 amide bonds. The number of hydrogen-bond donors (Lipinski definition) is 3. The van der Waals surface area contributed by atoms with Crippen LogP contribution in [0.15, 0.2) is 101 Å². The van der Waals surface area contributed by atoms with Crippen molar-refractivity contribution in [1.29, 1.82) is 0 Å². The second kappa shape index (κ2) is 13.1. The first-order valence-electron chi connectivity index (χ1n) is 14.9. The van der Waals surface area contributed by atoms with E-state index in [0.717, 1.165) is 0 Å². The maximum Gasteiger partial charge on any atom is 0.337 e. The van der Waals surface area contributed by atoms with Crippen molar-refractivity contribution in [1.82, 2.24) is 9.97 Å². The fraction of sp³-hybridized carbons (Fsp3) is 0.194. The Labute approximate surface area is 268 Å². The summed E-state index contributed by atoms with van der Waals surface area (Å²) in [6.45, 7) is 0.619. The number of pyridine rings is 2. The van der Waals surface area contributed by atoms with Gasteiger partial charge in [0, 0.05) is 61.1 Å². The maximum atomic E-state index is 15.9. The number of ether oxygens (including phenoxy) is 2. The third-order valence-electron chi connectivity index (χ3n) is 8.34. The van der Waals surface area contributed by atoms with Crippen molar-refractivity contribution in [2.45, 2.75) is 18.5 Å². The van der Waals surface area contributed by atoms with Crippen LogP contribution < -0.4 is 21.3 Å². The number of carbonyl (C=O) groups excluding carboxylic acids is 1. The van der Waals surface area contributed by atoms with Gasteiger partial charge in [-0.2, -0.15) is 0 Å². The average Bonchev–Trinajstić information content (AvgIpc) is 3.36. The predicted octanol–water partition coefficient (Wildman–Crippen LogP) is 5.52. The van der Waals surface area contributed by atoms with Crippen LogP contribution in [0.4, 0.5) is 20.2 Å². The summed E-state index contributed by atoms with van der Waals surface area (Å²) in [4.78, 5) is 43.6. The van der Waals surface area contributed by atoms with Crippen LogP contribution in [0.2, 0.25) is 0 Å². The number of anilines is 2. The van der Waals surface area contributed by atoms with Crippen LogP contribution in [0, 0.1) is 11.6 Å². The number of esters is 1. The molecule has 3 N–H and O–H groups in total. The van der Waals surface area contributed by atoms with Gasteiger partial charge < -0.3 is 29.7 Å². The molecule has 11 heteroatoms. The van der Waals surface area contributed by atoms with Crippen LogP contribution >= 0.6 is 0 Å². The lowest BCUT2D eigenvalue weighted by Crippen LogP contribution is -2.55.